The second kappa shape index (κ2) is 5.63. The standard InChI is InChI=1S/C13H11N3O3/c17-13(15-14-10-6-2-1-3-7-10)11-8-4-5-9-12(11)16(18)19/h1-9,14H,(H,15,17). The average molecular weight is 257 g/mol. The summed E-state index contributed by atoms with van der Waals surface area (Å²) < 4.78 is 0. The number of nitro benzene ring substituents is 1. The number of para-hydroxylation sites is 2. The molecular weight excluding hydrogens is 246 g/mol. The average Bonchev–Trinajstić information content (AvgIpc) is 2.46. The number of nitro groups is 1. The van der Waals surface area contributed by atoms with Gasteiger partial charge in [0.2, 0.25) is 0 Å². The van der Waals surface area contributed by atoms with Gasteiger partial charge in [-0.05, 0) is 18.2 Å². The van der Waals surface area contributed by atoms with Crippen molar-refractivity contribution in [3.05, 3.63) is 70.3 Å². The Labute approximate surface area is 109 Å². The van der Waals surface area contributed by atoms with Crippen molar-refractivity contribution in [1.82, 2.24) is 5.43 Å². The van der Waals surface area contributed by atoms with E-state index in [0.29, 0.717) is 5.69 Å². The van der Waals surface area contributed by atoms with Crippen molar-refractivity contribution >= 4 is 17.3 Å². The Kier molecular flexibility index (Phi) is 3.72. The van der Waals surface area contributed by atoms with Gasteiger partial charge < -0.3 is 0 Å². The van der Waals surface area contributed by atoms with Crippen molar-refractivity contribution in [2.75, 3.05) is 5.43 Å². The first kappa shape index (κ1) is 12.6. The Bertz CT molecular complexity index is 599. The number of hydrazine groups is 1. The molecule has 0 radical (unpaired) electrons. The minimum atomic E-state index is -0.586. The number of rotatable bonds is 4. The van der Waals surface area contributed by atoms with Crippen LogP contribution in [0.3, 0.4) is 0 Å². The first-order valence-corrected chi connectivity index (χ1v) is 5.53. The zero-order valence-electron chi connectivity index (χ0n) is 9.87. The number of nitrogens with one attached hydrogen (secondary N) is 2. The highest BCUT2D eigenvalue weighted by molar-refractivity contribution is 5.98. The molecule has 0 aliphatic rings. The molecule has 0 aliphatic carbocycles. The van der Waals surface area contributed by atoms with Crippen LogP contribution < -0.4 is 10.9 Å². The highest BCUT2D eigenvalue weighted by atomic mass is 16.6. The van der Waals surface area contributed by atoms with Crippen molar-refractivity contribution in [1.29, 1.82) is 0 Å². The topological polar surface area (TPSA) is 84.3 Å². The van der Waals surface area contributed by atoms with Gasteiger partial charge in [-0.25, -0.2) is 0 Å². The summed E-state index contributed by atoms with van der Waals surface area (Å²) >= 11 is 0. The smallest absolute Gasteiger partial charge is 0.282 e. The van der Waals surface area contributed by atoms with E-state index in [1.54, 1.807) is 30.3 Å². The third-order valence-electron chi connectivity index (χ3n) is 2.44. The van der Waals surface area contributed by atoms with E-state index < -0.39 is 10.8 Å². The maximum atomic E-state index is 11.9. The molecule has 0 fully saturated rings. The third kappa shape index (κ3) is 3.06. The van der Waals surface area contributed by atoms with Gasteiger partial charge >= 0.3 is 0 Å². The van der Waals surface area contributed by atoms with Crippen LogP contribution in [0.4, 0.5) is 11.4 Å². The van der Waals surface area contributed by atoms with E-state index in [1.165, 1.54) is 18.2 Å². The maximum Gasteiger partial charge on any atom is 0.282 e. The van der Waals surface area contributed by atoms with Gasteiger partial charge in [-0.2, -0.15) is 0 Å². The summed E-state index contributed by atoms with van der Waals surface area (Å²) in [6.07, 6.45) is 0. The van der Waals surface area contributed by atoms with E-state index in [1.807, 2.05) is 6.07 Å². The van der Waals surface area contributed by atoms with Crippen LogP contribution in [0.15, 0.2) is 54.6 Å². The van der Waals surface area contributed by atoms with Crippen LogP contribution >= 0.6 is 0 Å². The van der Waals surface area contributed by atoms with Gasteiger partial charge in [-0.3, -0.25) is 25.8 Å². The van der Waals surface area contributed by atoms with Gasteiger partial charge in [0.05, 0.1) is 10.6 Å². The molecule has 0 unspecified atom stereocenters. The molecule has 2 aromatic rings. The molecule has 0 spiro atoms. The fourth-order valence-electron chi connectivity index (χ4n) is 1.54. The maximum absolute atomic E-state index is 11.9. The van der Waals surface area contributed by atoms with Crippen molar-refractivity contribution in [3.63, 3.8) is 0 Å². The fourth-order valence-corrected chi connectivity index (χ4v) is 1.54. The zero-order chi connectivity index (χ0) is 13.7. The molecule has 1 amide bonds. The largest absolute Gasteiger partial charge is 0.298 e. The van der Waals surface area contributed by atoms with Crippen molar-refractivity contribution < 1.29 is 9.72 Å². The minimum absolute atomic E-state index is 0.0101. The Morgan fingerprint density at radius 1 is 1.00 bits per heavy atom. The Hall–Kier alpha value is -2.89. The van der Waals surface area contributed by atoms with E-state index in [4.69, 9.17) is 0 Å². The first-order chi connectivity index (χ1) is 9.18. The second-order valence-electron chi connectivity index (χ2n) is 3.72. The summed E-state index contributed by atoms with van der Waals surface area (Å²) in [6.45, 7) is 0. The lowest BCUT2D eigenvalue weighted by Crippen LogP contribution is -2.29. The minimum Gasteiger partial charge on any atom is -0.298 e. The number of nitrogens with zero attached hydrogens (tertiary/aromatic N) is 1. The SMILES string of the molecule is O=C(NNc1ccccc1)c1ccccc1[N+](=O)[O-]. The molecule has 2 rings (SSSR count). The van der Waals surface area contributed by atoms with Crippen LogP contribution in [0.1, 0.15) is 10.4 Å². The van der Waals surface area contributed by atoms with Crippen LogP contribution in [0.25, 0.3) is 0 Å². The van der Waals surface area contributed by atoms with Crippen LogP contribution in [0.2, 0.25) is 0 Å². The lowest BCUT2D eigenvalue weighted by atomic mass is 10.2. The monoisotopic (exact) mass is 257 g/mol. The Balaban J connectivity index is 2.10. The van der Waals surface area contributed by atoms with Crippen molar-refractivity contribution in [3.8, 4) is 0 Å². The second-order valence-corrected chi connectivity index (χ2v) is 3.72. The molecule has 2 N–H and O–H groups in total. The van der Waals surface area contributed by atoms with Crippen LogP contribution in [0.5, 0.6) is 0 Å². The lowest BCUT2D eigenvalue weighted by Gasteiger charge is -2.08. The number of anilines is 1. The highest BCUT2D eigenvalue weighted by Crippen LogP contribution is 2.17. The predicted molar refractivity (Wildman–Crippen MR) is 70.6 cm³/mol. The summed E-state index contributed by atoms with van der Waals surface area (Å²) in [7, 11) is 0. The van der Waals surface area contributed by atoms with E-state index in [0.717, 1.165) is 0 Å². The van der Waals surface area contributed by atoms with Gasteiger partial charge in [0.15, 0.2) is 0 Å². The zero-order valence-corrected chi connectivity index (χ0v) is 9.87. The predicted octanol–water partition coefficient (Wildman–Crippen LogP) is 2.35. The molecule has 0 aliphatic heterocycles. The first-order valence-electron chi connectivity index (χ1n) is 5.53. The summed E-state index contributed by atoms with van der Waals surface area (Å²) in [5.74, 6) is -0.559. The Morgan fingerprint density at radius 3 is 2.32 bits per heavy atom. The molecule has 0 saturated carbocycles. The fraction of sp³-hybridized carbons (Fsp3) is 0. The van der Waals surface area contributed by atoms with Crippen molar-refractivity contribution in [2.24, 2.45) is 0 Å². The van der Waals surface area contributed by atoms with E-state index in [-0.39, 0.29) is 11.3 Å². The molecule has 0 bridgehead atoms. The van der Waals surface area contributed by atoms with E-state index in [9.17, 15) is 14.9 Å². The molecule has 0 saturated heterocycles. The number of amides is 1. The highest BCUT2D eigenvalue weighted by Gasteiger charge is 2.18. The van der Waals surface area contributed by atoms with E-state index >= 15 is 0 Å². The molecule has 6 heteroatoms. The normalized spacial score (nSPS) is 9.68. The number of hydrogen-bond donors (Lipinski definition) is 2. The van der Waals surface area contributed by atoms with Crippen molar-refractivity contribution in [2.45, 2.75) is 0 Å². The van der Waals surface area contributed by atoms with Crippen LogP contribution in [-0.4, -0.2) is 10.8 Å². The number of hydrogen-bond acceptors (Lipinski definition) is 4. The van der Waals surface area contributed by atoms with Gasteiger partial charge in [-0.15, -0.1) is 0 Å². The van der Waals surface area contributed by atoms with Gasteiger partial charge in [0.25, 0.3) is 11.6 Å². The number of benzene rings is 2. The number of carbonyl (C=O) groups is 1. The van der Waals surface area contributed by atoms with Crippen LogP contribution in [-0.2, 0) is 0 Å². The molecule has 2 aromatic carbocycles. The molecule has 19 heavy (non-hydrogen) atoms. The van der Waals surface area contributed by atoms with Gasteiger partial charge in [-0.1, -0.05) is 30.3 Å². The molecule has 6 nitrogen and oxygen atoms in total. The van der Waals surface area contributed by atoms with Gasteiger partial charge in [0, 0.05) is 6.07 Å². The quantitative estimate of drug-likeness (QED) is 0.650. The van der Waals surface area contributed by atoms with Crippen LogP contribution in [0, 0.1) is 10.1 Å². The molecule has 96 valence electrons. The summed E-state index contributed by atoms with van der Waals surface area (Å²) in [4.78, 5) is 22.1. The molecule has 0 heterocycles. The molecule has 0 atom stereocenters. The van der Waals surface area contributed by atoms with E-state index in [2.05, 4.69) is 10.9 Å². The van der Waals surface area contributed by atoms with Gasteiger partial charge in [0.1, 0.15) is 5.56 Å². The summed E-state index contributed by atoms with van der Waals surface area (Å²) in [6, 6.07) is 14.8. The lowest BCUT2D eigenvalue weighted by molar-refractivity contribution is -0.385. The Morgan fingerprint density at radius 2 is 1.63 bits per heavy atom. The molecular formula is C13H11N3O3. The number of carbonyl (C=O) groups excluding carboxylic acids is 1. The summed E-state index contributed by atoms with van der Waals surface area (Å²) in [5.41, 5.74) is 5.58. The molecule has 0 aromatic heterocycles. The third-order valence-corrected chi connectivity index (χ3v) is 2.44. The summed E-state index contributed by atoms with van der Waals surface area (Å²) in [5, 5.41) is 10.8.